The van der Waals surface area contributed by atoms with E-state index >= 15 is 0 Å². The van der Waals surface area contributed by atoms with Gasteiger partial charge in [0.25, 0.3) is 0 Å². The standard InChI is InChI=1S/C16H26N2O2/c1-4-17-9-14-7-15(12(2)3)18-16(8-14)20-11-13-5-6-19-10-13/h7-8,12-13,17H,4-6,9-11H2,1-3H3. The predicted molar refractivity (Wildman–Crippen MR) is 80.1 cm³/mol. The average Bonchev–Trinajstić information content (AvgIpc) is 2.96. The van der Waals surface area contributed by atoms with E-state index in [-0.39, 0.29) is 0 Å². The summed E-state index contributed by atoms with van der Waals surface area (Å²) in [5.41, 5.74) is 2.33. The van der Waals surface area contributed by atoms with E-state index in [4.69, 9.17) is 9.47 Å². The first-order valence-corrected chi connectivity index (χ1v) is 7.61. The van der Waals surface area contributed by atoms with E-state index in [0.29, 0.717) is 18.4 Å². The van der Waals surface area contributed by atoms with E-state index in [1.807, 2.05) is 6.07 Å². The van der Waals surface area contributed by atoms with Gasteiger partial charge < -0.3 is 14.8 Å². The van der Waals surface area contributed by atoms with E-state index in [0.717, 1.165) is 44.3 Å². The Morgan fingerprint density at radius 2 is 2.30 bits per heavy atom. The maximum absolute atomic E-state index is 5.88. The Balaban J connectivity index is 2.02. The van der Waals surface area contributed by atoms with E-state index in [1.54, 1.807) is 0 Å². The van der Waals surface area contributed by atoms with Crippen molar-refractivity contribution in [1.82, 2.24) is 10.3 Å². The van der Waals surface area contributed by atoms with Crippen molar-refractivity contribution in [3.63, 3.8) is 0 Å². The van der Waals surface area contributed by atoms with Gasteiger partial charge in [-0.1, -0.05) is 20.8 Å². The summed E-state index contributed by atoms with van der Waals surface area (Å²) in [4.78, 5) is 4.61. The van der Waals surface area contributed by atoms with Gasteiger partial charge in [0.1, 0.15) is 0 Å². The minimum Gasteiger partial charge on any atom is -0.477 e. The Morgan fingerprint density at radius 3 is 2.95 bits per heavy atom. The highest BCUT2D eigenvalue weighted by Gasteiger charge is 2.17. The molecule has 0 radical (unpaired) electrons. The minimum absolute atomic E-state index is 0.411. The van der Waals surface area contributed by atoms with Crippen LogP contribution in [0.1, 0.15) is 44.4 Å². The highest BCUT2D eigenvalue weighted by Crippen LogP contribution is 2.20. The Kier molecular flexibility index (Phi) is 5.80. The van der Waals surface area contributed by atoms with Gasteiger partial charge in [-0.15, -0.1) is 0 Å². The number of pyridine rings is 1. The molecule has 1 unspecified atom stereocenters. The number of ether oxygens (including phenoxy) is 2. The second kappa shape index (κ2) is 7.60. The van der Waals surface area contributed by atoms with Crippen LogP contribution in [0, 0.1) is 5.92 Å². The summed E-state index contributed by atoms with van der Waals surface area (Å²) in [7, 11) is 0. The number of hydrogen-bond acceptors (Lipinski definition) is 4. The molecule has 0 amide bonds. The molecular weight excluding hydrogens is 252 g/mol. The first-order valence-electron chi connectivity index (χ1n) is 7.61. The average molecular weight is 278 g/mol. The molecule has 1 saturated heterocycles. The third-order valence-corrected chi connectivity index (χ3v) is 3.54. The molecule has 1 N–H and O–H groups in total. The van der Waals surface area contributed by atoms with Gasteiger partial charge in [0, 0.05) is 30.8 Å². The summed E-state index contributed by atoms with van der Waals surface area (Å²) in [5, 5.41) is 3.35. The molecule has 1 aliphatic rings. The van der Waals surface area contributed by atoms with Crippen molar-refractivity contribution in [2.75, 3.05) is 26.4 Å². The molecule has 1 fully saturated rings. The van der Waals surface area contributed by atoms with Crippen LogP contribution in [-0.4, -0.2) is 31.3 Å². The van der Waals surface area contributed by atoms with Crippen LogP contribution in [-0.2, 0) is 11.3 Å². The lowest BCUT2D eigenvalue weighted by atomic mass is 10.1. The van der Waals surface area contributed by atoms with Gasteiger partial charge in [0.05, 0.1) is 13.2 Å². The second-order valence-electron chi connectivity index (χ2n) is 5.71. The SMILES string of the molecule is CCNCc1cc(OCC2CCOC2)nc(C(C)C)c1. The number of aromatic nitrogens is 1. The molecule has 4 nitrogen and oxygen atoms in total. The zero-order chi connectivity index (χ0) is 14.4. The fourth-order valence-corrected chi connectivity index (χ4v) is 2.24. The largest absolute Gasteiger partial charge is 0.477 e. The molecule has 0 aliphatic carbocycles. The predicted octanol–water partition coefficient (Wildman–Crippen LogP) is 2.73. The van der Waals surface area contributed by atoms with E-state index < -0.39 is 0 Å². The Hall–Kier alpha value is -1.13. The van der Waals surface area contributed by atoms with Crippen molar-refractivity contribution >= 4 is 0 Å². The van der Waals surface area contributed by atoms with Crippen molar-refractivity contribution in [3.8, 4) is 5.88 Å². The molecule has 1 atom stereocenters. The quantitative estimate of drug-likeness (QED) is 0.833. The molecule has 2 heterocycles. The molecular formula is C16H26N2O2. The van der Waals surface area contributed by atoms with Crippen LogP contribution >= 0.6 is 0 Å². The van der Waals surface area contributed by atoms with Gasteiger partial charge in [-0.05, 0) is 30.5 Å². The summed E-state index contributed by atoms with van der Waals surface area (Å²) in [5.74, 6) is 1.67. The topological polar surface area (TPSA) is 43.4 Å². The van der Waals surface area contributed by atoms with Crippen LogP contribution in [0.4, 0.5) is 0 Å². The van der Waals surface area contributed by atoms with Gasteiger partial charge in [-0.25, -0.2) is 4.98 Å². The number of nitrogens with zero attached hydrogens (tertiary/aromatic N) is 1. The number of rotatable bonds is 7. The third kappa shape index (κ3) is 4.46. The van der Waals surface area contributed by atoms with Crippen LogP contribution in [0.15, 0.2) is 12.1 Å². The van der Waals surface area contributed by atoms with Crippen molar-refractivity contribution in [3.05, 3.63) is 23.4 Å². The summed E-state index contributed by atoms with van der Waals surface area (Å²) >= 11 is 0. The van der Waals surface area contributed by atoms with Crippen LogP contribution < -0.4 is 10.1 Å². The van der Waals surface area contributed by atoms with E-state index in [1.165, 1.54) is 5.56 Å². The fraction of sp³-hybridized carbons (Fsp3) is 0.688. The molecule has 4 heteroatoms. The normalized spacial score (nSPS) is 18.7. The van der Waals surface area contributed by atoms with Crippen LogP contribution in [0.2, 0.25) is 0 Å². The summed E-state index contributed by atoms with van der Waals surface area (Å²) < 4.78 is 11.3. The first kappa shape index (κ1) is 15.3. The van der Waals surface area contributed by atoms with Gasteiger partial charge in [-0.3, -0.25) is 0 Å². The van der Waals surface area contributed by atoms with E-state index in [2.05, 4.69) is 37.1 Å². The Bertz CT molecular complexity index is 415. The van der Waals surface area contributed by atoms with Gasteiger partial charge in [0.2, 0.25) is 5.88 Å². The van der Waals surface area contributed by atoms with Crippen molar-refractivity contribution < 1.29 is 9.47 Å². The Morgan fingerprint density at radius 1 is 1.45 bits per heavy atom. The maximum Gasteiger partial charge on any atom is 0.213 e. The molecule has 0 spiro atoms. The van der Waals surface area contributed by atoms with Crippen LogP contribution in [0.3, 0.4) is 0 Å². The summed E-state index contributed by atoms with van der Waals surface area (Å²) in [6.07, 6.45) is 1.09. The minimum atomic E-state index is 0.411. The molecule has 0 bridgehead atoms. The van der Waals surface area contributed by atoms with Crippen molar-refractivity contribution in [1.29, 1.82) is 0 Å². The lowest BCUT2D eigenvalue weighted by Crippen LogP contribution is -2.15. The Labute approximate surface area is 121 Å². The van der Waals surface area contributed by atoms with Gasteiger partial charge in [-0.2, -0.15) is 0 Å². The summed E-state index contributed by atoms with van der Waals surface area (Å²) in [6, 6.07) is 4.21. The van der Waals surface area contributed by atoms with Crippen LogP contribution in [0.25, 0.3) is 0 Å². The monoisotopic (exact) mass is 278 g/mol. The van der Waals surface area contributed by atoms with Crippen molar-refractivity contribution in [2.45, 2.75) is 39.7 Å². The smallest absolute Gasteiger partial charge is 0.213 e. The van der Waals surface area contributed by atoms with Crippen LogP contribution in [0.5, 0.6) is 5.88 Å². The highest BCUT2D eigenvalue weighted by atomic mass is 16.5. The molecule has 1 aromatic rings. The number of hydrogen-bond donors (Lipinski definition) is 1. The maximum atomic E-state index is 5.88. The molecule has 0 saturated carbocycles. The summed E-state index contributed by atoms with van der Waals surface area (Å²) in [6.45, 7) is 10.6. The molecule has 0 aromatic carbocycles. The molecule has 2 rings (SSSR count). The molecule has 112 valence electrons. The lowest BCUT2D eigenvalue weighted by molar-refractivity contribution is 0.165. The lowest BCUT2D eigenvalue weighted by Gasteiger charge is -2.14. The second-order valence-corrected chi connectivity index (χ2v) is 5.71. The molecule has 20 heavy (non-hydrogen) atoms. The molecule has 1 aliphatic heterocycles. The first-order chi connectivity index (χ1) is 9.69. The molecule has 1 aromatic heterocycles. The zero-order valence-electron chi connectivity index (χ0n) is 12.8. The third-order valence-electron chi connectivity index (χ3n) is 3.54. The van der Waals surface area contributed by atoms with Crippen molar-refractivity contribution in [2.24, 2.45) is 5.92 Å². The highest BCUT2D eigenvalue weighted by molar-refractivity contribution is 5.26. The zero-order valence-corrected chi connectivity index (χ0v) is 12.8. The van der Waals surface area contributed by atoms with Gasteiger partial charge in [0.15, 0.2) is 0 Å². The fourth-order valence-electron chi connectivity index (χ4n) is 2.24. The van der Waals surface area contributed by atoms with E-state index in [9.17, 15) is 0 Å². The van der Waals surface area contributed by atoms with Gasteiger partial charge >= 0.3 is 0 Å². The number of nitrogens with one attached hydrogen (secondary N) is 1.